The molecule has 0 aromatic carbocycles. The van der Waals surface area contributed by atoms with Crippen LogP contribution in [0.15, 0.2) is 18.3 Å². The molecule has 0 unspecified atom stereocenters. The van der Waals surface area contributed by atoms with E-state index in [-0.39, 0.29) is 5.82 Å². The molecule has 0 aliphatic heterocycles. The average molecular weight is 222 g/mol. The second-order valence-electron chi connectivity index (χ2n) is 2.35. The van der Waals surface area contributed by atoms with Crippen molar-refractivity contribution in [1.29, 1.82) is 0 Å². The fraction of sp³-hybridized carbons (Fsp3) is 0.167. The molecule has 5 nitrogen and oxygen atoms in total. The molecule has 0 bridgehead atoms. The summed E-state index contributed by atoms with van der Waals surface area (Å²) in [6, 6.07) is 3.00. The molecule has 1 aromatic heterocycles. The highest BCUT2D eigenvalue weighted by molar-refractivity contribution is 7.90. The molecule has 0 radical (unpaired) electrons. The zero-order chi connectivity index (χ0) is 10.1. The number of nitrogens with two attached hydrogens (primary N) is 1. The van der Waals surface area contributed by atoms with Crippen LogP contribution in [0.2, 0.25) is 5.02 Å². The minimum atomic E-state index is -3.74. The third kappa shape index (κ3) is 2.55. The van der Waals surface area contributed by atoms with Gasteiger partial charge in [-0.15, -0.1) is 0 Å². The van der Waals surface area contributed by atoms with Gasteiger partial charge in [0.15, 0.2) is 0 Å². The molecule has 0 saturated heterocycles. The number of rotatable bonds is 2. The van der Waals surface area contributed by atoms with Crippen molar-refractivity contribution in [3.63, 3.8) is 0 Å². The van der Waals surface area contributed by atoms with Crippen LogP contribution in [-0.4, -0.2) is 20.4 Å². The standard InChI is InChI=1S/C6H8ClN3O2S/c1-10(13(8,11)12)6-3-2-5(7)4-9-6/h2-4H,1H3,(H2,8,11,12). The highest BCUT2D eigenvalue weighted by Crippen LogP contribution is 2.13. The number of nitrogens with zero attached hydrogens (tertiary/aromatic N) is 2. The number of hydrogen-bond acceptors (Lipinski definition) is 3. The van der Waals surface area contributed by atoms with Gasteiger partial charge in [-0.25, -0.2) is 14.4 Å². The van der Waals surface area contributed by atoms with Crippen molar-refractivity contribution < 1.29 is 8.42 Å². The Bertz CT molecular complexity index is 389. The maximum atomic E-state index is 10.8. The molecule has 0 saturated carbocycles. The fourth-order valence-corrected chi connectivity index (χ4v) is 1.17. The Morgan fingerprint density at radius 1 is 1.54 bits per heavy atom. The number of anilines is 1. The first-order chi connectivity index (χ1) is 5.91. The molecule has 1 aromatic rings. The minimum absolute atomic E-state index is 0.229. The average Bonchev–Trinajstić information content (AvgIpc) is 2.03. The van der Waals surface area contributed by atoms with Gasteiger partial charge in [-0.1, -0.05) is 11.6 Å². The number of pyridine rings is 1. The maximum Gasteiger partial charge on any atom is 0.299 e. The van der Waals surface area contributed by atoms with Crippen molar-refractivity contribution in [3.8, 4) is 0 Å². The van der Waals surface area contributed by atoms with E-state index in [1.54, 1.807) is 0 Å². The molecular weight excluding hydrogens is 214 g/mol. The van der Waals surface area contributed by atoms with Gasteiger partial charge in [-0.3, -0.25) is 0 Å². The van der Waals surface area contributed by atoms with Crippen LogP contribution in [0.3, 0.4) is 0 Å². The minimum Gasteiger partial charge on any atom is -0.244 e. The largest absolute Gasteiger partial charge is 0.299 e. The summed E-state index contributed by atoms with van der Waals surface area (Å²) in [7, 11) is -2.43. The fourth-order valence-electron chi connectivity index (χ4n) is 0.685. The van der Waals surface area contributed by atoms with Crippen LogP contribution in [0.5, 0.6) is 0 Å². The molecule has 1 heterocycles. The van der Waals surface area contributed by atoms with Crippen LogP contribution in [-0.2, 0) is 10.2 Å². The van der Waals surface area contributed by atoms with Crippen molar-refractivity contribution >= 4 is 27.6 Å². The quantitative estimate of drug-likeness (QED) is 0.784. The van der Waals surface area contributed by atoms with Crippen LogP contribution in [0.1, 0.15) is 0 Å². The van der Waals surface area contributed by atoms with E-state index in [2.05, 4.69) is 4.98 Å². The zero-order valence-electron chi connectivity index (χ0n) is 6.81. The van der Waals surface area contributed by atoms with E-state index in [0.29, 0.717) is 5.02 Å². The molecule has 0 amide bonds. The monoisotopic (exact) mass is 221 g/mol. The molecule has 0 spiro atoms. The first-order valence-electron chi connectivity index (χ1n) is 3.29. The highest BCUT2D eigenvalue weighted by atomic mass is 35.5. The third-order valence-electron chi connectivity index (χ3n) is 1.42. The first kappa shape index (κ1) is 10.2. The second-order valence-corrected chi connectivity index (χ2v) is 4.36. The van der Waals surface area contributed by atoms with Gasteiger partial charge in [0, 0.05) is 13.2 Å². The number of aromatic nitrogens is 1. The lowest BCUT2D eigenvalue weighted by Gasteiger charge is -2.13. The Balaban J connectivity index is 3.04. The lowest BCUT2D eigenvalue weighted by atomic mass is 10.5. The summed E-state index contributed by atoms with van der Waals surface area (Å²) < 4.78 is 22.6. The van der Waals surface area contributed by atoms with E-state index in [1.165, 1.54) is 25.4 Å². The Morgan fingerprint density at radius 2 is 2.15 bits per heavy atom. The molecule has 7 heteroatoms. The van der Waals surface area contributed by atoms with Crippen molar-refractivity contribution in [1.82, 2.24) is 4.98 Å². The van der Waals surface area contributed by atoms with E-state index < -0.39 is 10.2 Å². The lowest BCUT2D eigenvalue weighted by Crippen LogP contribution is -2.33. The summed E-state index contributed by atoms with van der Waals surface area (Å²) in [5, 5.41) is 5.31. The smallest absolute Gasteiger partial charge is 0.244 e. The SMILES string of the molecule is CN(c1ccc(Cl)cn1)S(N)(=O)=O. The molecule has 0 fully saturated rings. The Hall–Kier alpha value is -0.850. The molecule has 2 N–H and O–H groups in total. The van der Waals surface area contributed by atoms with Gasteiger partial charge in [-0.05, 0) is 12.1 Å². The molecule has 13 heavy (non-hydrogen) atoms. The van der Waals surface area contributed by atoms with E-state index in [1.807, 2.05) is 0 Å². The van der Waals surface area contributed by atoms with E-state index in [4.69, 9.17) is 16.7 Å². The molecule has 0 aliphatic carbocycles. The van der Waals surface area contributed by atoms with Gasteiger partial charge in [0.25, 0.3) is 10.2 Å². The molecule has 72 valence electrons. The van der Waals surface area contributed by atoms with Crippen molar-refractivity contribution in [2.75, 3.05) is 11.4 Å². The van der Waals surface area contributed by atoms with Crippen LogP contribution in [0.25, 0.3) is 0 Å². The van der Waals surface area contributed by atoms with Gasteiger partial charge in [-0.2, -0.15) is 8.42 Å². The lowest BCUT2D eigenvalue weighted by molar-refractivity contribution is 0.595. The van der Waals surface area contributed by atoms with Gasteiger partial charge in [0.05, 0.1) is 5.02 Å². The summed E-state index contributed by atoms with van der Waals surface area (Å²) >= 11 is 5.57. The summed E-state index contributed by atoms with van der Waals surface area (Å²) in [5.41, 5.74) is 0. The van der Waals surface area contributed by atoms with Gasteiger partial charge in [0.1, 0.15) is 5.82 Å². The third-order valence-corrected chi connectivity index (χ3v) is 2.59. The second kappa shape index (κ2) is 3.49. The molecule has 1 rings (SSSR count). The van der Waals surface area contributed by atoms with Gasteiger partial charge in [0.2, 0.25) is 0 Å². The first-order valence-corrected chi connectivity index (χ1v) is 5.17. The molecular formula is C6H8ClN3O2S. The molecule has 0 aliphatic rings. The van der Waals surface area contributed by atoms with Crippen LogP contribution in [0.4, 0.5) is 5.82 Å². The van der Waals surface area contributed by atoms with Crippen molar-refractivity contribution in [2.24, 2.45) is 5.14 Å². The highest BCUT2D eigenvalue weighted by Gasteiger charge is 2.12. The number of halogens is 1. The Morgan fingerprint density at radius 3 is 2.54 bits per heavy atom. The van der Waals surface area contributed by atoms with Crippen LogP contribution < -0.4 is 9.44 Å². The summed E-state index contributed by atoms with van der Waals surface area (Å²) in [6.07, 6.45) is 1.35. The van der Waals surface area contributed by atoms with Crippen molar-refractivity contribution in [2.45, 2.75) is 0 Å². The Labute approximate surface area is 81.3 Å². The zero-order valence-corrected chi connectivity index (χ0v) is 8.38. The predicted octanol–water partition coefficient (Wildman–Crippen LogP) is 0.375. The predicted molar refractivity (Wildman–Crippen MR) is 50.8 cm³/mol. The maximum absolute atomic E-state index is 10.8. The van der Waals surface area contributed by atoms with Crippen LogP contribution >= 0.6 is 11.6 Å². The van der Waals surface area contributed by atoms with E-state index in [0.717, 1.165) is 4.31 Å². The van der Waals surface area contributed by atoms with Crippen LogP contribution in [0, 0.1) is 0 Å². The molecule has 0 atom stereocenters. The van der Waals surface area contributed by atoms with Crippen molar-refractivity contribution in [3.05, 3.63) is 23.4 Å². The van der Waals surface area contributed by atoms with E-state index in [9.17, 15) is 8.42 Å². The summed E-state index contributed by atoms with van der Waals surface area (Å²) in [4.78, 5) is 3.78. The van der Waals surface area contributed by atoms with E-state index >= 15 is 0 Å². The summed E-state index contributed by atoms with van der Waals surface area (Å²) in [5.74, 6) is 0.229. The Kier molecular flexibility index (Phi) is 2.74. The topological polar surface area (TPSA) is 76.3 Å². The van der Waals surface area contributed by atoms with Gasteiger partial charge >= 0.3 is 0 Å². The van der Waals surface area contributed by atoms with Gasteiger partial charge < -0.3 is 0 Å². The number of hydrogen-bond donors (Lipinski definition) is 1. The summed E-state index contributed by atoms with van der Waals surface area (Å²) in [6.45, 7) is 0. The normalized spacial score (nSPS) is 11.3.